The highest BCUT2D eigenvalue weighted by molar-refractivity contribution is 7.90. The Hall–Kier alpha value is -2.45. The monoisotopic (exact) mass is 541 g/mol. The lowest BCUT2D eigenvalue weighted by Gasteiger charge is -2.34. The molecule has 5 nitrogen and oxygen atoms in total. The molecule has 1 fully saturated rings. The molecule has 1 aliphatic heterocycles. The first-order chi connectivity index (χ1) is 17.1. The van der Waals surface area contributed by atoms with Crippen LogP contribution >= 0.6 is 22.9 Å². The van der Waals surface area contributed by atoms with Crippen molar-refractivity contribution in [2.75, 3.05) is 31.2 Å². The third-order valence-electron chi connectivity index (χ3n) is 6.22. The predicted molar refractivity (Wildman–Crippen MR) is 153 cm³/mol. The van der Waals surface area contributed by atoms with Crippen molar-refractivity contribution < 1.29 is 8.42 Å². The van der Waals surface area contributed by atoms with Gasteiger partial charge in [0, 0.05) is 36.5 Å². The summed E-state index contributed by atoms with van der Waals surface area (Å²) in [6.45, 7) is 7.16. The van der Waals surface area contributed by atoms with Gasteiger partial charge in [0.05, 0.1) is 26.2 Å². The van der Waals surface area contributed by atoms with E-state index in [0.29, 0.717) is 34.0 Å². The smallest absolute Gasteiger partial charge is 0.175 e. The maximum Gasteiger partial charge on any atom is 0.175 e. The van der Waals surface area contributed by atoms with Crippen LogP contribution in [0.25, 0.3) is 16.1 Å². The van der Waals surface area contributed by atoms with Crippen LogP contribution in [0.2, 0.25) is 5.02 Å². The number of nitrogens with zero attached hydrogens (tertiary/aromatic N) is 1. The van der Waals surface area contributed by atoms with Gasteiger partial charge >= 0.3 is 0 Å². The molecule has 3 aromatic rings. The van der Waals surface area contributed by atoms with Crippen LogP contribution < -0.4 is 5.32 Å². The molecule has 2 atom stereocenters. The van der Waals surface area contributed by atoms with E-state index in [4.69, 9.17) is 17.0 Å². The van der Waals surface area contributed by atoms with Crippen LogP contribution in [0.1, 0.15) is 25.1 Å². The van der Waals surface area contributed by atoms with Crippen molar-refractivity contribution in [3.8, 4) is 10.4 Å². The van der Waals surface area contributed by atoms with Gasteiger partial charge < -0.3 is 10.7 Å². The zero-order valence-corrected chi connectivity index (χ0v) is 23.2. The van der Waals surface area contributed by atoms with Crippen molar-refractivity contribution in [1.29, 1.82) is 5.41 Å². The van der Waals surface area contributed by atoms with Crippen molar-refractivity contribution in [3.05, 3.63) is 76.6 Å². The van der Waals surface area contributed by atoms with E-state index in [0.717, 1.165) is 39.8 Å². The third kappa shape index (κ3) is 6.85. The molecule has 2 N–H and O–H groups in total. The molecule has 36 heavy (non-hydrogen) atoms. The second-order valence-electron chi connectivity index (χ2n) is 9.79. The minimum Gasteiger partial charge on any atom is -0.353 e. The second-order valence-corrected chi connectivity index (χ2v) is 13.3. The average molecular weight is 542 g/mol. The number of hydrogen-bond donors (Lipinski definition) is 2. The van der Waals surface area contributed by atoms with E-state index >= 15 is 0 Å². The van der Waals surface area contributed by atoms with Gasteiger partial charge in [0.1, 0.15) is 0 Å². The lowest BCUT2D eigenvalue weighted by atomic mass is 9.92. The number of nitrogens with one attached hydrogen (secondary N) is 2. The van der Waals surface area contributed by atoms with Gasteiger partial charge in [-0.05, 0) is 66.3 Å². The molecule has 0 radical (unpaired) electrons. The summed E-state index contributed by atoms with van der Waals surface area (Å²) in [6, 6.07) is 18.5. The summed E-state index contributed by atoms with van der Waals surface area (Å²) in [5, 5.41) is 12.8. The van der Waals surface area contributed by atoms with Crippen molar-refractivity contribution >= 4 is 49.9 Å². The first-order valence-corrected chi connectivity index (χ1v) is 15.1. The Morgan fingerprint density at radius 2 is 1.83 bits per heavy atom. The molecule has 1 saturated heterocycles. The molecule has 1 aromatic heterocycles. The number of piperidine rings is 1. The first kappa shape index (κ1) is 26.6. The molecule has 8 heteroatoms. The van der Waals surface area contributed by atoms with E-state index in [1.165, 1.54) is 12.7 Å². The minimum absolute atomic E-state index is 0.298. The highest BCUT2D eigenvalue weighted by atomic mass is 35.5. The molecular weight excluding hydrogens is 510 g/mol. The maximum atomic E-state index is 12.0. The molecule has 2 unspecified atom stereocenters. The fourth-order valence-electron chi connectivity index (χ4n) is 4.78. The van der Waals surface area contributed by atoms with Crippen molar-refractivity contribution in [3.63, 3.8) is 0 Å². The molecule has 0 bridgehead atoms. The normalized spacial score (nSPS) is 19.3. The van der Waals surface area contributed by atoms with Crippen LogP contribution in [-0.2, 0) is 9.84 Å². The van der Waals surface area contributed by atoms with Gasteiger partial charge in [0.15, 0.2) is 9.84 Å². The van der Waals surface area contributed by atoms with E-state index in [1.54, 1.807) is 29.5 Å². The quantitative estimate of drug-likeness (QED) is 0.303. The Kier molecular flexibility index (Phi) is 8.35. The Labute approximate surface area is 223 Å². The standard InChI is InChI=1S/C28H32ClN3O2S2/c1-19-13-20(2)17-32(16-19)18-22(30)15-26(31-25-10-5-4-9-24(25)29)28-12-11-27(35-28)21-7-6-8-23(14-21)36(3,33)34/h4-12,14-15,19-20,30-31H,13,16-18H2,1-3H3/b26-15-,30-22?. The summed E-state index contributed by atoms with van der Waals surface area (Å²) in [6.07, 6.45) is 4.34. The lowest BCUT2D eigenvalue weighted by molar-refractivity contribution is 0.159. The van der Waals surface area contributed by atoms with Crippen molar-refractivity contribution in [2.24, 2.45) is 11.8 Å². The summed E-state index contributed by atoms with van der Waals surface area (Å²) < 4.78 is 24.1. The molecule has 0 aliphatic carbocycles. The zero-order valence-electron chi connectivity index (χ0n) is 20.8. The van der Waals surface area contributed by atoms with E-state index in [1.807, 2.05) is 48.5 Å². The van der Waals surface area contributed by atoms with E-state index in [-0.39, 0.29) is 0 Å². The molecular formula is C28H32ClN3O2S2. The Morgan fingerprint density at radius 1 is 1.11 bits per heavy atom. The van der Waals surface area contributed by atoms with Crippen LogP contribution in [0, 0.1) is 17.2 Å². The Bertz CT molecular complexity index is 1370. The summed E-state index contributed by atoms with van der Waals surface area (Å²) >= 11 is 7.98. The average Bonchev–Trinajstić information content (AvgIpc) is 3.29. The molecule has 0 saturated carbocycles. The number of sulfone groups is 1. The fourth-order valence-corrected chi connectivity index (χ4v) is 6.60. The van der Waals surface area contributed by atoms with E-state index in [9.17, 15) is 8.42 Å². The van der Waals surface area contributed by atoms with Crippen LogP contribution in [0.15, 0.2) is 71.6 Å². The fraction of sp³-hybridized carbons (Fsp3) is 0.321. The zero-order chi connectivity index (χ0) is 25.9. The van der Waals surface area contributed by atoms with Gasteiger partial charge in [-0.25, -0.2) is 8.42 Å². The maximum absolute atomic E-state index is 12.0. The summed E-state index contributed by atoms with van der Waals surface area (Å²) in [7, 11) is -3.29. The SMILES string of the molecule is CC1CC(C)CN(CC(=N)/C=C(\Nc2ccccc2Cl)c2ccc(-c3cccc(S(C)(=O)=O)c3)s2)C1. The molecule has 1 aliphatic rings. The first-order valence-electron chi connectivity index (χ1n) is 12.0. The van der Waals surface area contributed by atoms with Gasteiger partial charge in [0.25, 0.3) is 0 Å². The van der Waals surface area contributed by atoms with E-state index < -0.39 is 9.84 Å². The summed E-state index contributed by atoms with van der Waals surface area (Å²) in [4.78, 5) is 4.56. The van der Waals surface area contributed by atoms with Gasteiger partial charge in [0.2, 0.25) is 0 Å². The molecule has 2 heterocycles. The summed E-state index contributed by atoms with van der Waals surface area (Å²) in [5.74, 6) is 1.27. The molecule has 2 aromatic carbocycles. The number of para-hydroxylation sites is 1. The largest absolute Gasteiger partial charge is 0.353 e. The molecule has 0 spiro atoms. The molecule has 190 valence electrons. The summed E-state index contributed by atoms with van der Waals surface area (Å²) in [5.41, 5.74) is 2.94. The Balaban J connectivity index is 1.64. The lowest BCUT2D eigenvalue weighted by Crippen LogP contribution is -2.41. The minimum atomic E-state index is -3.29. The van der Waals surface area contributed by atoms with Crippen LogP contribution in [0.4, 0.5) is 5.69 Å². The number of rotatable bonds is 8. The Morgan fingerprint density at radius 3 is 2.53 bits per heavy atom. The predicted octanol–water partition coefficient (Wildman–Crippen LogP) is 6.92. The van der Waals surface area contributed by atoms with Crippen LogP contribution in [0.3, 0.4) is 0 Å². The number of anilines is 1. The molecule has 0 amide bonds. The topological polar surface area (TPSA) is 73.3 Å². The number of likely N-dealkylation sites (tertiary alicyclic amines) is 1. The van der Waals surface area contributed by atoms with Crippen LogP contribution in [0.5, 0.6) is 0 Å². The van der Waals surface area contributed by atoms with Crippen molar-refractivity contribution in [1.82, 2.24) is 4.90 Å². The highest BCUT2D eigenvalue weighted by Gasteiger charge is 2.22. The number of halogens is 1. The van der Waals surface area contributed by atoms with Gasteiger partial charge in [-0.15, -0.1) is 11.3 Å². The second kappa shape index (κ2) is 11.3. The number of thiophene rings is 1. The third-order valence-corrected chi connectivity index (χ3v) is 8.83. The highest BCUT2D eigenvalue weighted by Crippen LogP contribution is 2.34. The number of hydrogen-bond acceptors (Lipinski definition) is 6. The van der Waals surface area contributed by atoms with Gasteiger partial charge in [-0.1, -0.05) is 49.7 Å². The van der Waals surface area contributed by atoms with E-state index in [2.05, 4.69) is 24.1 Å². The van der Waals surface area contributed by atoms with Gasteiger partial charge in [-0.3, -0.25) is 4.90 Å². The molecule has 4 rings (SSSR count). The van der Waals surface area contributed by atoms with Crippen molar-refractivity contribution in [2.45, 2.75) is 25.2 Å². The van der Waals surface area contributed by atoms with Gasteiger partial charge in [-0.2, -0.15) is 0 Å². The number of benzene rings is 2. The van der Waals surface area contributed by atoms with Crippen LogP contribution in [-0.4, -0.2) is 44.9 Å².